The van der Waals surface area contributed by atoms with Crippen molar-refractivity contribution in [3.05, 3.63) is 120 Å². The molecular formula is C31H29N3O4. The van der Waals surface area contributed by atoms with Crippen LogP contribution in [0.2, 0.25) is 0 Å². The average Bonchev–Trinajstić information content (AvgIpc) is 2.97. The van der Waals surface area contributed by atoms with E-state index in [1.807, 2.05) is 54.6 Å². The highest BCUT2D eigenvalue weighted by Gasteiger charge is 2.24. The normalized spacial score (nSPS) is 10.6. The maximum Gasteiger partial charge on any atom is 0.305 e. The minimum atomic E-state index is -0.967. The minimum absolute atomic E-state index is 0.0830. The Hall–Kier alpha value is -4.78. The third-order valence-electron chi connectivity index (χ3n) is 6.34. The average molecular weight is 508 g/mol. The lowest BCUT2D eigenvalue weighted by molar-refractivity contribution is -0.137. The summed E-state index contributed by atoms with van der Waals surface area (Å²) >= 11 is 0. The van der Waals surface area contributed by atoms with Crippen LogP contribution in [0.4, 0.5) is 5.69 Å². The monoisotopic (exact) mass is 507 g/mol. The molecule has 1 heterocycles. The van der Waals surface area contributed by atoms with Gasteiger partial charge in [0.15, 0.2) is 0 Å². The van der Waals surface area contributed by atoms with Gasteiger partial charge in [-0.1, -0.05) is 66.7 Å². The number of hydrogen-bond acceptors (Lipinski definition) is 4. The number of aliphatic carboxylic acids is 1. The molecule has 7 nitrogen and oxygen atoms in total. The number of amides is 2. The van der Waals surface area contributed by atoms with Gasteiger partial charge in [0.05, 0.1) is 18.3 Å². The van der Waals surface area contributed by atoms with Gasteiger partial charge in [0.25, 0.3) is 11.8 Å². The summed E-state index contributed by atoms with van der Waals surface area (Å²) in [6.07, 6.45) is 3.70. The maximum atomic E-state index is 13.8. The third-order valence-corrected chi connectivity index (χ3v) is 6.34. The van der Waals surface area contributed by atoms with Crippen molar-refractivity contribution in [2.24, 2.45) is 0 Å². The van der Waals surface area contributed by atoms with Crippen LogP contribution in [-0.4, -0.2) is 52.9 Å². The number of aromatic nitrogens is 1. The Labute approximate surface area is 222 Å². The molecule has 0 aliphatic rings. The van der Waals surface area contributed by atoms with Crippen LogP contribution in [0.15, 0.2) is 103 Å². The number of benzene rings is 3. The maximum absolute atomic E-state index is 13.8. The second-order valence-corrected chi connectivity index (χ2v) is 8.84. The Morgan fingerprint density at radius 3 is 1.95 bits per heavy atom. The molecule has 0 saturated carbocycles. The first-order valence-corrected chi connectivity index (χ1v) is 12.4. The van der Waals surface area contributed by atoms with Crippen molar-refractivity contribution >= 4 is 23.5 Å². The lowest BCUT2D eigenvalue weighted by atomic mass is 9.94. The van der Waals surface area contributed by atoms with Gasteiger partial charge in [0, 0.05) is 37.5 Å². The highest BCUT2D eigenvalue weighted by atomic mass is 16.4. The number of carboxylic acids is 1. The first kappa shape index (κ1) is 26.3. The molecular weight excluding hydrogens is 478 g/mol. The van der Waals surface area contributed by atoms with Crippen LogP contribution in [0, 0.1) is 0 Å². The van der Waals surface area contributed by atoms with E-state index in [-0.39, 0.29) is 24.8 Å². The van der Waals surface area contributed by atoms with E-state index in [2.05, 4.69) is 4.98 Å². The third kappa shape index (κ3) is 6.31. The molecule has 2 amide bonds. The Morgan fingerprint density at radius 1 is 0.737 bits per heavy atom. The van der Waals surface area contributed by atoms with E-state index < -0.39 is 5.97 Å². The van der Waals surface area contributed by atoms with Crippen molar-refractivity contribution in [3.8, 4) is 11.1 Å². The van der Waals surface area contributed by atoms with Gasteiger partial charge in [0.1, 0.15) is 0 Å². The lowest BCUT2D eigenvalue weighted by Crippen LogP contribution is -2.35. The number of carbonyl (C=O) groups excluding carboxylic acids is 2. The molecule has 0 aliphatic heterocycles. The number of hydrogen-bond donors (Lipinski definition) is 1. The molecule has 3 aromatic carbocycles. The summed E-state index contributed by atoms with van der Waals surface area (Å²) in [5, 5.41) is 9.29. The topological polar surface area (TPSA) is 90.8 Å². The van der Waals surface area contributed by atoms with Gasteiger partial charge in [0.2, 0.25) is 0 Å². The molecule has 0 spiro atoms. The molecule has 38 heavy (non-hydrogen) atoms. The van der Waals surface area contributed by atoms with E-state index in [9.17, 15) is 19.5 Å². The van der Waals surface area contributed by atoms with E-state index in [1.165, 1.54) is 4.90 Å². The van der Waals surface area contributed by atoms with E-state index in [1.54, 1.807) is 60.7 Å². The zero-order chi connectivity index (χ0) is 26.9. The van der Waals surface area contributed by atoms with Gasteiger partial charge in [-0.2, -0.15) is 0 Å². The van der Waals surface area contributed by atoms with Crippen molar-refractivity contribution in [3.63, 3.8) is 0 Å². The standard InChI is InChI=1S/C31H29N3O4/c1-33(24-12-9-19-32-22-24)30(37)27-15-7-5-13-25(27)26-14-6-8-16-28(26)31(38)34(21-18-29(35)36)20-17-23-10-3-2-4-11-23/h2-16,19,22H,17-18,20-21H2,1H3,(H,35,36). The number of carbonyl (C=O) groups is 3. The summed E-state index contributed by atoms with van der Waals surface area (Å²) in [6, 6.07) is 27.6. The number of anilines is 1. The van der Waals surface area contributed by atoms with E-state index >= 15 is 0 Å². The zero-order valence-corrected chi connectivity index (χ0v) is 21.2. The fourth-order valence-electron chi connectivity index (χ4n) is 4.28. The predicted octanol–water partition coefficient (Wildman–Crippen LogP) is 5.18. The van der Waals surface area contributed by atoms with Crippen LogP contribution in [0.1, 0.15) is 32.7 Å². The number of nitrogens with zero attached hydrogens (tertiary/aromatic N) is 3. The predicted molar refractivity (Wildman–Crippen MR) is 147 cm³/mol. The number of carboxylic acid groups (broad SMARTS) is 1. The summed E-state index contributed by atoms with van der Waals surface area (Å²) in [7, 11) is 1.68. The molecule has 1 N–H and O–H groups in total. The quantitative estimate of drug-likeness (QED) is 0.319. The SMILES string of the molecule is CN(C(=O)c1ccccc1-c1ccccc1C(=O)N(CCC(=O)O)CCc1ccccc1)c1cccnc1. The molecule has 0 atom stereocenters. The van der Waals surface area contributed by atoms with Gasteiger partial charge >= 0.3 is 5.97 Å². The number of pyridine rings is 1. The number of rotatable bonds is 10. The zero-order valence-electron chi connectivity index (χ0n) is 21.2. The van der Waals surface area contributed by atoms with Crippen molar-refractivity contribution in [2.75, 3.05) is 25.0 Å². The first-order valence-electron chi connectivity index (χ1n) is 12.4. The molecule has 0 radical (unpaired) electrons. The molecule has 4 aromatic rings. The van der Waals surface area contributed by atoms with Crippen LogP contribution in [-0.2, 0) is 11.2 Å². The molecule has 0 unspecified atom stereocenters. The first-order chi connectivity index (χ1) is 18.5. The van der Waals surface area contributed by atoms with Crippen molar-refractivity contribution in [1.82, 2.24) is 9.88 Å². The van der Waals surface area contributed by atoms with Crippen LogP contribution in [0.25, 0.3) is 11.1 Å². The molecule has 0 saturated heterocycles. The van der Waals surface area contributed by atoms with Crippen LogP contribution >= 0.6 is 0 Å². The highest BCUT2D eigenvalue weighted by molar-refractivity contribution is 6.11. The molecule has 0 fully saturated rings. The van der Waals surface area contributed by atoms with E-state index in [0.717, 1.165) is 5.56 Å². The Bertz CT molecular complexity index is 1410. The summed E-state index contributed by atoms with van der Waals surface area (Å²) in [5.41, 5.74) is 3.80. The Kier molecular flexibility index (Phi) is 8.61. The van der Waals surface area contributed by atoms with Crippen molar-refractivity contribution in [2.45, 2.75) is 12.8 Å². The van der Waals surface area contributed by atoms with Gasteiger partial charge in [-0.3, -0.25) is 19.4 Å². The van der Waals surface area contributed by atoms with Gasteiger partial charge in [-0.05, 0) is 47.4 Å². The van der Waals surface area contributed by atoms with Crippen LogP contribution < -0.4 is 4.90 Å². The largest absolute Gasteiger partial charge is 0.481 e. The molecule has 192 valence electrons. The van der Waals surface area contributed by atoms with Crippen molar-refractivity contribution < 1.29 is 19.5 Å². The Morgan fingerprint density at radius 2 is 1.34 bits per heavy atom. The summed E-state index contributed by atoms with van der Waals surface area (Å²) in [6.45, 7) is 0.453. The molecule has 0 aliphatic carbocycles. The molecule has 4 rings (SSSR count). The van der Waals surface area contributed by atoms with E-state index in [0.29, 0.717) is 40.9 Å². The van der Waals surface area contributed by atoms with Gasteiger partial charge in [-0.25, -0.2) is 0 Å². The molecule has 0 bridgehead atoms. The van der Waals surface area contributed by atoms with Crippen molar-refractivity contribution in [1.29, 1.82) is 0 Å². The minimum Gasteiger partial charge on any atom is -0.481 e. The van der Waals surface area contributed by atoms with Crippen LogP contribution in [0.3, 0.4) is 0 Å². The molecule has 1 aromatic heterocycles. The van der Waals surface area contributed by atoms with E-state index in [4.69, 9.17) is 0 Å². The fraction of sp³-hybridized carbons (Fsp3) is 0.161. The highest BCUT2D eigenvalue weighted by Crippen LogP contribution is 2.30. The lowest BCUT2D eigenvalue weighted by Gasteiger charge is -2.24. The second-order valence-electron chi connectivity index (χ2n) is 8.84. The van der Waals surface area contributed by atoms with Crippen LogP contribution in [0.5, 0.6) is 0 Å². The fourth-order valence-corrected chi connectivity index (χ4v) is 4.28. The van der Waals surface area contributed by atoms with Gasteiger partial charge < -0.3 is 14.9 Å². The Balaban J connectivity index is 1.67. The second kappa shape index (κ2) is 12.5. The smallest absolute Gasteiger partial charge is 0.305 e. The summed E-state index contributed by atoms with van der Waals surface area (Å²) < 4.78 is 0. The molecule has 7 heteroatoms. The van der Waals surface area contributed by atoms with Gasteiger partial charge in [-0.15, -0.1) is 0 Å². The summed E-state index contributed by atoms with van der Waals surface area (Å²) in [4.78, 5) is 45.9. The summed E-state index contributed by atoms with van der Waals surface area (Å²) in [5.74, 6) is -1.48.